The fraction of sp³-hybridized carbons (Fsp3) is 0.333. The van der Waals surface area contributed by atoms with Gasteiger partial charge in [-0.15, -0.1) is 0 Å². The number of hydrogen-bond donors (Lipinski definition) is 0. The first-order valence-corrected chi connectivity index (χ1v) is 13.6. The lowest BCUT2D eigenvalue weighted by atomic mass is 9.96. The summed E-state index contributed by atoms with van der Waals surface area (Å²) in [5.74, 6) is 0. The molecule has 178 valence electrons. The maximum atomic E-state index is 14.2. The second-order valence-electron chi connectivity index (χ2n) is 9.49. The van der Waals surface area contributed by atoms with Gasteiger partial charge in [-0.05, 0) is 87.8 Å². The molecule has 0 saturated carbocycles. The monoisotopic (exact) mass is 474 g/mol. The highest BCUT2D eigenvalue weighted by Crippen LogP contribution is 2.49. The molecule has 3 nitrogen and oxygen atoms in total. The Kier molecular flexibility index (Phi) is 8.10. The first-order chi connectivity index (χ1) is 16.0. The summed E-state index contributed by atoms with van der Waals surface area (Å²) in [7, 11) is -3.89. The Balaban J connectivity index is 1.87. The zero-order chi connectivity index (χ0) is 25.0. The summed E-state index contributed by atoms with van der Waals surface area (Å²) in [6, 6.07) is 17.0. The van der Waals surface area contributed by atoms with Gasteiger partial charge in [0.2, 0.25) is 18.2 Å². The Morgan fingerprint density at radius 2 is 0.971 bits per heavy atom. The van der Waals surface area contributed by atoms with Gasteiger partial charge in [-0.2, -0.15) is 0 Å². The highest BCUT2D eigenvalue weighted by molar-refractivity contribution is 7.99. The van der Waals surface area contributed by atoms with Crippen LogP contribution in [0.4, 0.5) is 0 Å². The van der Waals surface area contributed by atoms with Crippen molar-refractivity contribution in [3.05, 3.63) is 99.1 Å². The number of hydrogen-bond acceptors (Lipinski definition) is 3. The highest BCUT2D eigenvalue weighted by atomic mass is 31.2. The lowest BCUT2D eigenvalue weighted by molar-refractivity contribution is -0.114. The van der Waals surface area contributed by atoms with Crippen LogP contribution < -0.4 is 5.30 Å². The molecule has 0 amide bonds. The SMILES string of the molecule is Cc1cc(C)c(CCC(=O)P(=O)(C(=O)CCc2c(C)cc(C)cc2C)c2ccccc2)c(C)c1. The standard InChI is InChI=1S/C30H35O3P/c1-20-16-22(3)27(23(4)17-20)12-14-29(31)34(33,26-10-8-7-9-11-26)30(32)15-13-28-24(5)18-21(2)19-25(28)6/h7-11,16-19H,12-15H2,1-6H3. The molecular weight excluding hydrogens is 439 g/mol. The Hall–Kier alpha value is -2.77. The van der Waals surface area contributed by atoms with Gasteiger partial charge in [-0.1, -0.05) is 65.7 Å². The van der Waals surface area contributed by atoms with Gasteiger partial charge >= 0.3 is 0 Å². The van der Waals surface area contributed by atoms with E-state index in [1.165, 1.54) is 11.1 Å². The molecule has 34 heavy (non-hydrogen) atoms. The molecule has 0 spiro atoms. The molecule has 0 radical (unpaired) electrons. The number of carbonyl (C=O) groups excluding carboxylic acids is 2. The predicted molar refractivity (Wildman–Crippen MR) is 142 cm³/mol. The minimum Gasteiger partial charge on any atom is -0.303 e. The van der Waals surface area contributed by atoms with E-state index in [4.69, 9.17) is 0 Å². The number of rotatable bonds is 9. The van der Waals surface area contributed by atoms with Gasteiger partial charge in [0.05, 0.1) is 0 Å². The van der Waals surface area contributed by atoms with Crippen LogP contribution in [0.3, 0.4) is 0 Å². The molecule has 0 fully saturated rings. The van der Waals surface area contributed by atoms with Crippen molar-refractivity contribution < 1.29 is 14.2 Å². The molecule has 4 heteroatoms. The Bertz CT molecular complexity index is 1150. The lowest BCUT2D eigenvalue weighted by Gasteiger charge is -2.18. The highest BCUT2D eigenvalue weighted by Gasteiger charge is 2.40. The van der Waals surface area contributed by atoms with Crippen molar-refractivity contribution in [3.8, 4) is 0 Å². The average Bonchev–Trinajstić information content (AvgIpc) is 2.77. The molecule has 0 unspecified atom stereocenters. The Morgan fingerprint density at radius 3 is 1.32 bits per heavy atom. The summed E-state index contributed by atoms with van der Waals surface area (Å²) in [4.78, 5) is 27.0. The normalized spacial score (nSPS) is 11.5. The molecule has 0 aliphatic heterocycles. The van der Waals surface area contributed by atoms with E-state index < -0.39 is 18.2 Å². The first kappa shape index (κ1) is 25.8. The number of carbonyl (C=O) groups is 2. The molecular formula is C30H35O3P. The molecule has 3 rings (SSSR count). The Morgan fingerprint density at radius 1 is 0.618 bits per heavy atom. The molecule has 3 aromatic carbocycles. The molecule has 0 N–H and O–H groups in total. The molecule has 0 aliphatic rings. The molecule has 3 aromatic rings. The summed E-state index contributed by atoms with van der Waals surface area (Å²) in [6.07, 6.45) is 1.14. The Labute approximate surface area is 204 Å². The van der Waals surface area contributed by atoms with Gasteiger partial charge < -0.3 is 4.57 Å². The maximum Gasteiger partial charge on any atom is 0.238 e. The van der Waals surface area contributed by atoms with Crippen molar-refractivity contribution in [1.82, 2.24) is 0 Å². The van der Waals surface area contributed by atoms with Gasteiger partial charge in [0, 0.05) is 18.1 Å². The largest absolute Gasteiger partial charge is 0.303 e. The third kappa shape index (κ3) is 5.47. The number of aryl methyl sites for hydroxylation is 6. The molecule has 0 atom stereocenters. The van der Waals surface area contributed by atoms with Crippen LogP contribution in [-0.4, -0.2) is 11.0 Å². The van der Waals surface area contributed by atoms with E-state index in [-0.39, 0.29) is 12.8 Å². The van der Waals surface area contributed by atoms with Crippen LogP contribution in [0.25, 0.3) is 0 Å². The first-order valence-electron chi connectivity index (χ1n) is 11.9. The van der Waals surface area contributed by atoms with E-state index in [9.17, 15) is 14.2 Å². The summed E-state index contributed by atoms with van der Waals surface area (Å²) in [6.45, 7) is 12.2. The molecule has 0 aromatic heterocycles. The second-order valence-corrected chi connectivity index (χ2v) is 12.2. The zero-order valence-corrected chi connectivity index (χ0v) is 22.1. The van der Waals surface area contributed by atoms with Crippen molar-refractivity contribution >= 4 is 23.5 Å². The molecule has 0 bridgehead atoms. The van der Waals surface area contributed by atoms with Gasteiger partial charge in [0.15, 0.2) is 0 Å². The van der Waals surface area contributed by atoms with Crippen molar-refractivity contribution in [2.45, 2.75) is 67.2 Å². The molecule has 0 aliphatic carbocycles. The van der Waals surface area contributed by atoms with Gasteiger partial charge in [0.1, 0.15) is 0 Å². The van der Waals surface area contributed by atoms with Crippen molar-refractivity contribution in [2.75, 3.05) is 0 Å². The predicted octanol–water partition coefficient (Wildman–Crippen LogP) is 6.84. The summed E-state index contributed by atoms with van der Waals surface area (Å²) in [5.41, 5.74) is 8.14. The van der Waals surface area contributed by atoms with Gasteiger partial charge in [-0.25, -0.2) is 0 Å². The van der Waals surface area contributed by atoms with Crippen molar-refractivity contribution in [3.63, 3.8) is 0 Å². The maximum absolute atomic E-state index is 14.2. The third-order valence-corrected chi connectivity index (χ3v) is 9.56. The van der Waals surface area contributed by atoms with E-state index in [2.05, 4.69) is 38.1 Å². The van der Waals surface area contributed by atoms with Crippen LogP contribution in [0.2, 0.25) is 0 Å². The van der Waals surface area contributed by atoms with Crippen LogP contribution in [0.1, 0.15) is 57.3 Å². The number of benzene rings is 3. The average molecular weight is 475 g/mol. The third-order valence-electron chi connectivity index (χ3n) is 6.68. The minimum absolute atomic E-state index is 0.0885. The summed E-state index contributed by atoms with van der Waals surface area (Å²) >= 11 is 0. The van der Waals surface area contributed by atoms with E-state index in [1.54, 1.807) is 30.3 Å². The minimum atomic E-state index is -3.89. The smallest absolute Gasteiger partial charge is 0.238 e. The summed E-state index contributed by atoms with van der Waals surface area (Å²) < 4.78 is 14.2. The van der Waals surface area contributed by atoms with E-state index in [0.717, 1.165) is 33.4 Å². The van der Waals surface area contributed by atoms with Gasteiger partial charge in [-0.3, -0.25) is 9.59 Å². The van der Waals surface area contributed by atoms with Crippen molar-refractivity contribution in [2.24, 2.45) is 0 Å². The molecule has 0 saturated heterocycles. The quantitative estimate of drug-likeness (QED) is 0.319. The van der Waals surface area contributed by atoms with Crippen LogP contribution >= 0.6 is 7.14 Å². The van der Waals surface area contributed by atoms with Gasteiger partial charge in [0.25, 0.3) is 0 Å². The fourth-order valence-electron chi connectivity index (χ4n) is 5.05. The lowest BCUT2D eigenvalue weighted by Crippen LogP contribution is -2.21. The van der Waals surface area contributed by atoms with Crippen molar-refractivity contribution in [1.29, 1.82) is 0 Å². The summed E-state index contributed by atoms with van der Waals surface area (Å²) in [5, 5.41) is 0.347. The van der Waals surface area contributed by atoms with Crippen LogP contribution in [0.15, 0.2) is 54.6 Å². The molecule has 0 heterocycles. The van der Waals surface area contributed by atoms with E-state index >= 15 is 0 Å². The zero-order valence-electron chi connectivity index (χ0n) is 21.2. The van der Waals surface area contributed by atoms with Crippen LogP contribution in [-0.2, 0) is 27.0 Å². The second kappa shape index (κ2) is 10.7. The topological polar surface area (TPSA) is 51.2 Å². The fourth-order valence-corrected chi connectivity index (χ4v) is 7.35. The van der Waals surface area contributed by atoms with E-state index in [1.807, 2.05) is 27.7 Å². The van der Waals surface area contributed by atoms with E-state index in [0.29, 0.717) is 18.1 Å². The van der Waals surface area contributed by atoms with Crippen LogP contribution in [0, 0.1) is 41.5 Å². The van der Waals surface area contributed by atoms with Crippen LogP contribution in [0.5, 0.6) is 0 Å².